The molecule has 7 rings (SSSR count). The van der Waals surface area contributed by atoms with Crippen LogP contribution < -0.4 is 0 Å². The van der Waals surface area contributed by atoms with Gasteiger partial charge in [-0.05, 0) is 98.3 Å². The molecule has 5 nitrogen and oxygen atoms in total. The van der Waals surface area contributed by atoms with Gasteiger partial charge in [-0.3, -0.25) is 0 Å². The van der Waals surface area contributed by atoms with Crippen molar-refractivity contribution in [2.45, 2.75) is 80.6 Å². The van der Waals surface area contributed by atoms with Gasteiger partial charge in [-0.1, -0.05) is 36.7 Å². The molecule has 2 N–H and O–H groups in total. The Morgan fingerprint density at radius 1 is 1.14 bits per heavy atom. The second kappa shape index (κ2) is 7.64. The van der Waals surface area contributed by atoms with E-state index in [2.05, 4.69) is 36.2 Å². The minimum atomic E-state index is -1.67. The molecule has 0 amide bonds. The Balaban J connectivity index is 1.30. The van der Waals surface area contributed by atoms with Crippen LogP contribution in [0.25, 0.3) is 16.3 Å². The fraction of sp³-hybridized carbons (Fsp3) is 0.567. The van der Waals surface area contributed by atoms with Crippen molar-refractivity contribution in [3.63, 3.8) is 0 Å². The number of nitrogens with zero attached hydrogens (tertiary/aromatic N) is 2. The maximum absolute atomic E-state index is 17.2. The van der Waals surface area contributed by atoms with Crippen molar-refractivity contribution in [1.29, 1.82) is 0 Å². The molecule has 2 aromatic rings. The molecule has 8 atom stereocenters. The van der Waals surface area contributed by atoms with Gasteiger partial charge in [-0.2, -0.15) is 0 Å². The molecule has 2 unspecified atom stereocenters. The molecule has 1 aromatic carbocycles. The fourth-order valence-corrected chi connectivity index (χ4v) is 8.95. The van der Waals surface area contributed by atoms with E-state index in [-0.39, 0.29) is 17.4 Å². The summed E-state index contributed by atoms with van der Waals surface area (Å²) in [4.78, 5) is 6.21. The molecule has 2 spiro atoms. The molecular weight excluding hydrogens is 491 g/mol. The first kappa shape index (κ1) is 24.2. The zero-order chi connectivity index (χ0) is 26.0. The number of halogens is 2. The molecule has 2 aliphatic heterocycles. The highest BCUT2D eigenvalue weighted by molar-refractivity contribution is 6.34. The highest BCUT2D eigenvalue weighted by Crippen LogP contribution is 2.71. The second-order valence-electron chi connectivity index (χ2n) is 12.5. The number of aliphatic hydroxyl groups excluding tert-OH is 2. The standard InChI is InChI=1S/C30H34ClFN2O3/c1-27-9-11-29(32)15-21-24(35)25(36)22(34(2)3)16-28(21)10-12-30(29,37-28)23(27)7-6-20(27)18-5-4-17-8-13-33-26(31)19(17)14-18/h4-6,8,13-15,22-25,35-36H,7,9-12,16H2,1-3H3/t22-,23?,24+,25+,27+,28+,29?,30-/m0/s1. The van der Waals surface area contributed by atoms with Crippen LogP contribution in [0.4, 0.5) is 4.39 Å². The number of pyridine rings is 1. The number of aromatic nitrogens is 1. The summed E-state index contributed by atoms with van der Waals surface area (Å²) in [6, 6.07) is 8.06. The van der Waals surface area contributed by atoms with Gasteiger partial charge in [0.05, 0.1) is 11.7 Å². The van der Waals surface area contributed by atoms with E-state index in [1.54, 1.807) is 12.3 Å². The van der Waals surface area contributed by atoms with Gasteiger partial charge in [-0.25, -0.2) is 9.37 Å². The third-order valence-corrected chi connectivity index (χ3v) is 11.0. The Morgan fingerprint density at radius 3 is 2.73 bits per heavy atom. The van der Waals surface area contributed by atoms with Crippen molar-refractivity contribution >= 4 is 27.9 Å². The maximum atomic E-state index is 17.2. The molecule has 3 heterocycles. The molecule has 1 saturated heterocycles. The van der Waals surface area contributed by atoms with Crippen molar-refractivity contribution < 1.29 is 19.3 Å². The number of fused-ring (bicyclic) bond motifs is 2. The molecular formula is C30H34ClFN2O3. The predicted octanol–water partition coefficient (Wildman–Crippen LogP) is 5.08. The molecule has 37 heavy (non-hydrogen) atoms. The Bertz CT molecular complexity index is 1380. The van der Waals surface area contributed by atoms with Gasteiger partial charge in [0.2, 0.25) is 0 Å². The quantitative estimate of drug-likeness (QED) is 0.423. The van der Waals surface area contributed by atoms with Crippen LogP contribution in [0, 0.1) is 11.3 Å². The molecule has 2 bridgehead atoms. The monoisotopic (exact) mass is 524 g/mol. The fourth-order valence-electron chi connectivity index (χ4n) is 8.73. The Hall–Kier alpha value is -1.83. The lowest BCUT2D eigenvalue weighted by atomic mass is 9.53. The summed E-state index contributed by atoms with van der Waals surface area (Å²) in [7, 11) is 3.82. The van der Waals surface area contributed by atoms with Gasteiger partial charge in [-0.15, -0.1) is 0 Å². The Labute approximate surface area is 222 Å². The van der Waals surface area contributed by atoms with E-state index in [9.17, 15) is 10.2 Å². The van der Waals surface area contributed by atoms with E-state index in [1.807, 2.05) is 25.1 Å². The van der Waals surface area contributed by atoms with Gasteiger partial charge in [0, 0.05) is 23.5 Å². The lowest BCUT2D eigenvalue weighted by Gasteiger charge is -2.60. The summed E-state index contributed by atoms with van der Waals surface area (Å²) in [5, 5.41) is 24.5. The van der Waals surface area contributed by atoms with Crippen LogP contribution in [0.2, 0.25) is 5.15 Å². The van der Waals surface area contributed by atoms with Crippen LogP contribution in [0.1, 0.15) is 51.0 Å². The van der Waals surface area contributed by atoms with Crippen molar-refractivity contribution in [3.05, 3.63) is 58.9 Å². The highest BCUT2D eigenvalue weighted by Gasteiger charge is 2.74. The average Bonchev–Trinajstić information content (AvgIpc) is 3.40. The highest BCUT2D eigenvalue weighted by atomic mass is 35.5. The number of ether oxygens (including phenoxy) is 1. The van der Waals surface area contributed by atoms with Crippen LogP contribution in [-0.4, -0.2) is 69.3 Å². The topological polar surface area (TPSA) is 65.8 Å². The summed E-state index contributed by atoms with van der Waals surface area (Å²) < 4.78 is 24.2. The van der Waals surface area contributed by atoms with Gasteiger partial charge in [0.25, 0.3) is 0 Å². The predicted molar refractivity (Wildman–Crippen MR) is 142 cm³/mol. The minimum Gasteiger partial charge on any atom is -0.388 e. The van der Waals surface area contributed by atoms with Crippen LogP contribution in [0.3, 0.4) is 0 Å². The summed E-state index contributed by atoms with van der Waals surface area (Å²) >= 11 is 6.44. The zero-order valence-corrected chi connectivity index (χ0v) is 22.3. The van der Waals surface area contributed by atoms with Crippen LogP contribution in [0.15, 0.2) is 48.2 Å². The third kappa shape index (κ3) is 2.97. The van der Waals surface area contributed by atoms with Crippen LogP contribution in [-0.2, 0) is 4.74 Å². The largest absolute Gasteiger partial charge is 0.388 e. The number of likely N-dealkylation sites (N-methyl/N-ethyl adjacent to an activating group) is 1. The first-order valence-electron chi connectivity index (χ1n) is 13.4. The van der Waals surface area contributed by atoms with Crippen molar-refractivity contribution in [2.24, 2.45) is 11.3 Å². The molecule has 196 valence electrons. The first-order chi connectivity index (χ1) is 17.5. The molecule has 1 aromatic heterocycles. The van der Waals surface area contributed by atoms with Crippen molar-refractivity contribution in [2.75, 3.05) is 14.1 Å². The summed E-state index contributed by atoms with van der Waals surface area (Å²) in [6.07, 6.45) is 7.19. The molecule has 2 saturated carbocycles. The van der Waals surface area contributed by atoms with Gasteiger partial charge in [0.15, 0.2) is 5.67 Å². The SMILES string of the molecule is CN(C)[C@H]1C[C@@]23CC[C@]4(O2)C2CC=C(c5ccc6ccnc(Cl)c6c5)[C@@]2(C)CCC4(F)C=C3[C@@H](O)[C@@H]1O. The number of hydrogen-bond acceptors (Lipinski definition) is 5. The Morgan fingerprint density at radius 2 is 1.95 bits per heavy atom. The third-order valence-electron chi connectivity index (χ3n) is 10.7. The van der Waals surface area contributed by atoms with Crippen LogP contribution in [0.5, 0.6) is 0 Å². The van der Waals surface area contributed by atoms with Gasteiger partial charge >= 0.3 is 0 Å². The lowest BCUT2D eigenvalue weighted by Crippen LogP contribution is -2.68. The molecule has 5 aliphatic rings. The number of benzene rings is 1. The smallest absolute Gasteiger partial charge is 0.158 e. The Kier molecular flexibility index (Phi) is 5.00. The number of alkyl halides is 1. The van der Waals surface area contributed by atoms with E-state index < -0.39 is 29.1 Å². The summed E-state index contributed by atoms with van der Waals surface area (Å²) in [5.74, 6) is -0.0206. The average molecular weight is 525 g/mol. The molecule has 3 aliphatic carbocycles. The lowest BCUT2D eigenvalue weighted by molar-refractivity contribution is -0.239. The van der Waals surface area contributed by atoms with Crippen molar-refractivity contribution in [1.82, 2.24) is 9.88 Å². The molecule has 7 heteroatoms. The summed E-state index contributed by atoms with van der Waals surface area (Å²) in [5.41, 5.74) is -0.691. The number of hydrogen-bond donors (Lipinski definition) is 2. The van der Waals surface area contributed by atoms with E-state index in [0.29, 0.717) is 42.8 Å². The van der Waals surface area contributed by atoms with E-state index in [1.165, 1.54) is 5.57 Å². The second-order valence-corrected chi connectivity index (χ2v) is 12.8. The van der Waals surface area contributed by atoms with E-state index in [0.717, 1.165) is 22.8 Å². The zero-order valence-electron chi connectivity index (χ0n) is 21.5. The van der Waals surface area contributed by atoms with Crippen LogP contribution >= 0.6 is 11.6 Å². The number of allylic oxidation sites excluding steroid dienone is 2. The van der Waals surface area contributed by atoms with Gasteiger partial charge in [0.1, 0.15) is 16.9 Å². The first-order valence-corrected chi connectivity index (χ1v) is 13.8. The molecule has 3 fully saturated rings. The van der Waals surface area contributed by atoms with E-state index >= 15 is 4.39 Å². The van der Waals surface area contributed by atoms with Crippen molar-refractivity contribution in [3.8, 4) is 0 Å². The number of rotatable bonds is 2. The minimum absolute atomic E-state index is 0.0206. The normalized spacial score (nSPS) is 44.3. The number of aliphatic hydroxyl groups is 2. The van der Waals surface area contributed by atoms with Gasteiger partial charge < -0.3 is 19.8 Å². The summed E-state index contributed by atoms with van der Waals surface area (Å²) in [6.45, 7) is 2.27. The van der Waals surface area contributed by atoms with E-state index in [4.69, 9.17) is 16.3 Å². The molecule has 0 radical (unpaired) electrons. The maximum Gasteiger partial charge on any atom is 0.158 e.